The average Bonchev–Trinajstić information content (AvgIpc) is 2.71. The fourth-order valence-electron chi connectivity index (χ4n) is 2.38. The summed E-state index contributed by atoms with van der Waals surface area (Å²) in [5, 5.41) is 0. The highest BCUT2D eigenvalue weighted by Gasteiger charge is 2.28. The van der Waals surface area contributed by atoms with E-state index in [1.807, 2.05) is 73.7 Å². The molecule has 27 heavy (non-hydrogen) atoms. The summed E-state index contributed by atoms with van der Waals surface area (Å²) in [5.74, 6) is 0. The van der Waals surface area contributed by atoms with E-state index in [0.29, 0.717) is 0 Å². The molecule has 0 N–H and O–H groups in total. The molecule has 0 saturated carbocycles. The summed E-state index contributed by atoms with van der Waals surface area (Å²) in [4.78, 5) is 1.75. The van der Waals surface area contributed by atoms with Crippen LogP contribution in [-0.4, -0.2) is 11.2 Å². The minimum atomic E-state index is -3.42. The smallest absolute Gasteiger partial charge is 0.340 e. The van der Waals surface area contributed by atoms with E-state index in [2.05, 4.69) is 13.2 Å². The van der Waals surface area contributed by atoms with Crippen molar-refractivity contribution in [3.05, 3.63) is 109 Å². The molecule has 0 atom stereocenters. The van der Waals surface area contributed by atoms with Crippen LogP contribution in [0.25, 0.3) is 0 Å². The molecule has 0 aliphatic heterocycles. The molecule has 0 fully saturated rings. The first kappa shape index (κ1) is 20.9. The first-order valence-electron chi connectivity index (χ1n) is 8.71. The third kappa shape index (κ3) is 7.03. The summed E-state index contributed by atoms with van der Waals surface area (Å²) >= 11 is 0. The van der Waals surface area contributed by atoms with Crippen molar-refractivity contribution in [3.8, 4) is 0 Å². The van der Waals surface area contributed by atoms with Gasteiger partial charge in [-0.3, -0.25) is 4.57 Å². The van der Waals surface area contributed by atoms with Crippen molar-refractivity contribution in [2.24, 2.45) is 0 Å². The zero-order chi connectivity index (χ0) is 19.5. The standard InChI is InChI=1S/C22H26NO3P/c1-4-12-20(3)23(5-2)19-27(24,25-17-21-13-8-6-9-14-21)26-18-22-15-10-7-11-16-22/h4-16H,1-2,17-19H2,3H3/b20-12+. The summed E-state index contributed by atoms with van der Waals surface area (Å²) < 4.78 is 25.0. The van der Waals surface area contributed by atoms with Crippen molar-refractivity contribution in [2.75, 3.05) is 6.29 Å². The van der Waals surface area contributed by atoms with Gasteiger partial charge in [-0.05, 0) is 30.3 Å². The quantitative estimate of drug-likeness (QED) is 0.347. The van der Waals surface area contributed by atoms with Gasteiger partial charge in [0.1, 0.15) is 6.29 Å². The van der Waals surface area contributed by atoms with E-state index in [4.69, 9.17) is 9.05 Å². The second-order valence-electron chi connectivity index (χ2n) is 5.97. The van der Waals surface area contributed by atoms with E-state index >= 15 is 0 Å². The highest BCUT2D eigenvalue weighted by Crippen LogP contribution is 2.50. The Morgan fingerprint density at radius 1 is 0.963 bits per heavy atom. The van der Waals surface area contributed by atoms with Gasteiger partial charge in [0.15, 0.2) is 0 Å². The van der Waals surface area contributed by atoms with Crippen LogP contribution in [0.4, 0.5) is 0 Å². The van der Waals surface area contributed by atoms with E-state index in [0.717, 1.165) is 16.8 Å². The number of nitrogens with zero attached hydrogens (tertiary/aromatic N) is 1. The van der Waals surface area contributed by atoms with Crippen molar-refractivity contribution in [1.82, 2.24) is 4.90 Å². The van der Waals surface area contributed by atoms with Crippen LogP contribution >= 0.6 is 7.60 Å². The van der Waals surface area contributed by atoms with Crippen LogP contribution in [0.1, 0.15) is 18.1 Å². The Balaban J connectivity index is 2.15. The lowest BCUT2D eigenvalue weighted by Crippen LogP contribution is -2.18. The Kier molecular flexibility index (Phi) is 8.28. The van der Waals surface area contributed by atoms with E-state index in [1.165, 1.54) is 0 Å². The SMILES string of the molecule is C=C/C=C(\C)N(C=C)CP(=O)(OCc1ccccc1)OCc1ccccc1. The molecular weight excluding hydrogens is 357 g/mol. The molecule has 0 heterocycles. The molecular formula is C22H26NO3P. The van der Waals surface area contributed by atoms with Gasteiger partial charge >= 0.3 is 7.60 Å². The van der Waals surface area contributed by atoms with Crippen LogP contribution in [0.5, 0.6) is 0 Å². The normalized spacial score (nSPS) is 11.8. The van der Waals surface area contributed by atoms with E-state index in [-0.39, 0.29) is 19.5 Å². The maximum Gasteiger partial charge on any atom is 0.350 e. The van der Waals surface area contributed by atoms with E-state index in [9.17, 15) is 4.57 Å². The third-order valence-corrected chi connectivity index (χ3v) is 5.60. The molecule has 5 heteroatoms. The lowest BCUT2D eigenvalue weighted by molar-refractivity contribution is 0.183. The van der Waals surface area contributed by atoms with Crippen LogP contribution in [0.15, 0.2) is 97.9 Å². The number of rotatable bonds is 11. The molecule has 0 amide bonds. The van der Waals surface area contributed by atoms with Crippen LogP contribution < -0.4 is 0 Å². The Labute approximate surface area is 162 Å². The fourth-order valence-corrected chi connectivity index (χ4v) is 4.02. The van der Waals surface area contributed by atoms with Crippen molar-refractivity contribution in [3.63, 3.8) is 0 Å². The van der Waals surface area contributed by atoms with Crippen LogP contribution in [0.2, 0.25) is 0 Å². The minimum Gasteiger partial charge on any atom is -0.340 e. The number of hydrogen-bond acceptors (Lipinski definition) is 4. The zero-order valence-electron chi connectivity index (χ0n) is 15.7. The molecule has 2 aromatic carbocycles. The van der Waals surface area contributed by atoms with Crippen molar-refractivity contribution < 1.29 is 13.6 Å². The van der Waals surface area contributed by atoms with Gasteiger partial charge < -0.3 is 13.9 Å². The van der Waals surface area contributed by atoms with Crippen LogP contribution in [0, 0.1) is 0 Å². The molecule has 0 aliphatic carbocycles. The lowest BCUT2D eigenvalue weighted by atomic mass is 10.2. The van der Waals surface area contributed by atoms with Crippen molar-refractivity contribution in [1.29, 1.82) is 0 Å². The summed E-state index contributed by atoms with van der Waals surface area (Å²) in [5.41, 5.74) is 2.72. The third-order valence-electron chi connectivity index (χ3n) is 3.90. The molecule has 2 rings (SSSR count). The first-order chi connectivity index (χ1) is 13.1. The van der Waals surface area contributed by atoms with Gasteiger partial charge in [-0.2, -0.15) is 0 Å². The molecule has 0 saturated heterocycles. The van der Waals surface area contributed by atoms with E-state index < -0.39 is 7.60 Å². The molecule has 0 bridgehead atoms. The Hall–Kier alpha value is -2.39. The molecule has 0 unspecified atom stereocenters. The largest absolute Gasteiger partial charge is 0.350 e. The number of allylic oxidation sites excluding steroid dienone is 3. The number of hydrogen-bond donors (Lipinski definition) is 0. The molecule has 0 spiro atoms. The average molecular weight is 383 g/mol. The molecule has 142 valence electrons. The summed E-state index contributed by atoms with van der Waals surface area (Å²) in [7, 11) is -3.42. The predicted molar refractivity (Wildman–Crippen MR) is 111 cm³/mol. The topological polar surface area (TPSA) is 38.8 Å². The molecule has 0 aromatic heterocycles. The summed E-state index contributed by atoms with van der Waals surface area (Å²) in [6, 6.07) is 19.2. The zero-order valence-corrected chi connectivity index (χ0v) is 16.6. The monoisotopic (exact) mass is 383 g/mol. The predicted octanol–water partition coefficient (Wildman–Crippen LogP) is 6.11. The number of benzene rings is 2. The van der Waals surface area contributed by atoms with Crippen molar-refractivity contribution >= 4 is 7.60 Å². The maximum atomic E-state index is 13.5. The summed E-state index contributed by atoms with van der Waals surface area (Å²) in [6.07, 6.45) is 5.18. The summed E-state index contributed by atoms with van der Waals surface area (Å²) in [6.45, 7) is 9.81. The lowest BCUT2D eigenvalue weighted by Gasteiger charge is -2.26. The second kappa shape index (κ2) is 10.7. The fraction of sp³-hybridized carbons (Fsp3) is 0.182. The first-order valence-corrected chi connectivity index (χ1v) is 10.4. The Morgan fingerprint density at radius 2 is 1.44 bits per heavy atom. The highest BCUT2D eigenvalue weighted by atomic mass is 31.2. The van der Waals surface area contributed by atoms with Crippen LogP contribution in [-0.2, 0) is 26.8 Å². The van der Waals surface area contributed by atoms with Crippen LogP contribution in [0.3, 0.4) is 0 Å². The Morgan fingerprint density at radius 3 is 1.85 bits per heavy atom. The minimum absolute atomic E-state index is 0.0757. The molecule has 4 nitrogen and oxygen atoms in total. The Bertz CT molecular complexity index is 755. The van der Waals surface area contributed by atoms with Crippen molar-refractivity contribution in [2.45, 2.75) is 20.1 Å². The maximum absolute atomic E-state index is 13.5. The van der Waals surface area contributed by atoms with Gasteiger partial charge in [-0.1, -0.05) is 79.9 Å². The highest BCUT2D eigenvalue weighted by molar-refractivity contribution is 7.53. The van der Waals surface area contributed by atoms with Gasteiger partial charge in [-0.25, -0.2) is 0 Å². The van der Waals surface area contributed by atoms with E-state index in [1.54, 1.807) is 17.2 Å². The van der Waals surface area contributed by atoms with Gasteiger partial charge in [0.2, 0.25) is 0 Å². The van der Waals surface area contributed by atoms with Gasteiger partial charge in [0.25, 0.3) is 0 Å². The van der Waals surface area contributed by atoms with Gasteiger partial charge in [0.05, 0.1) is 13.2 Å². The molecule has 2 aromatic rings. The van der Waals surface area contributed by atoms with Gasteiger partial charge in [-0.15, -0.1) is 0 Å². The second-order valence-corrected chi connectivity index (χ2v) is 7.99. The van der Waals surface area contributed by atoms with Gasteiger partial charge in [0, 0.05) is 5.70 Å². The molecule has 0 radical (unpaired) electrons. The molecule has 0 aliphatic rings.